The molecule has 2 aromatic rings. The average Bonchev–Trinajstić information content (AvgIpc) is 2.60. The number of allylic oxidation sites excluding steroid dienone is 1. The first-order chi connectivity index (χ1) is 7.29. The molecule has 0 saturated carbocycles. The van der Waals surface area contributed by atoms with E-state index >= 15 is 0 Å². The van der Waals surface area contributed by atoms with E-state index in [0.29, 0.717) is 0 Å². The molecule has 0 aliphatic carbocycles. The number of aromatic nitrogens is 2. The van der Waals surface area contributed by atoms with E-state index in [1.807, 2.05) is 24.3 Å². The fourth-order valence-electron chi connectivity index (χ4n) is 1.27. The molecule has 0 amide bonds. The first kappa shape index (κ1) is 10.8. The summed E-state index contributed by atoms with van der Waals surface area (Å²) in [5.74, 6) is 1.02. The zero-order chi connectivity index (χ0) is 10.7. The van der Waals surface area contributed by atoms with Crippen molar-refractivity contribution in [1.82, 2.24) is 9.97 Å². The number of thioether (sulfide) groups is 1. The highest BCUT2D eigenvalue weighted by molar-refractivity contribution is 9.10. The molecule has 1 N–H and O–H groups in total. The minimum atomic E-state index is 0.977. The fourth-order valence-corrected chi connectivity index (χ4v) is 2.45. The number of aromatic amines is 1. The smallest absolute Gasteiger partial charge is 0.166 e. The normalized spacial score (nSPS) is 10.7. The fraction of sp³-hybridized carbons (Fsp3) is 0.182. The minimum absolute atomic E-state index is 0.977. The molecule has 78 valence electrons. The van der Waals surface area contributed by atoms with E-state index < -0.39 is 0 Å². The number of H-pyrrole nitrogens is 1. The molecule has 15 heavy (non-hydrogen) atoms. The largest absolute Gasteiger partial charge is 0.333 e. The van der Waals surface area contributed by atoms with Crippen LogP contribution in [0.2, 0.25) is 0 Å². The molecule has 0 radical (unpaired) electrons. The van der Waals surface area contributed by atoms with Crippen LogP contribution in [0.15, 0.2) is 40.5 Å². The Balaban J connectivity index is 2.19. The molecule has 0 aliphatic heterocycles. The standard InChI is InChI=1S/C11H11BrN2S/c1-2-3-6-15-11-13-9-5-4-8(12)7-10(9)14-11/h2,4-5,7H,1,3,6H2,(H,13,14). The molecule has 0 aliphatic rings. The first-order valence-electron chi connectivity index (χ1n) is 4.68. The zero-order valence-electron chi connectivity index (χ0n) is 8.16. The Morgan fingerprint density at radius 2 is 2.40 bits per heavy atom. The lowest BCUT2D eigenvalue weighted by atomic mass is 10.3. The van der Waals surface area contributed by atoms with Gasteiger partial charge in [0.1, 0.15) is 0 Å². The quantitative estimate of drug-likeness (QED) is 0.522. The maximum absolute atomic E-state index is 4.48. The van der Waals surface area contributed by atoms with E-state index in [9.17, 15) is 0 Å². The average molecular weight is 283 g/mol. The summed E-state index contributed by atoms with van der Waals surface area (Å²) in [4.78, 5) is 7.76. The summed E-state index contributed by atoms with van der Waals surface area (Å²) < 4.78 is 1.07. The Labute approximate surface area is 101 Å². The summed E-state index contributed by atoms with van der Waals surface area (Å²) in [6.45, 7) is 3.70. The highest BCUT2D eigenvalue weighted by atomic mass is 79.9. The van der Waals surface area contributed by atoms with Crippen molar-refractivity contribution < 1.29 is 0 Å². The van der Waals surface area contributed by atoms with E-state index in [2.05, 4.69) is 32.5 Å². The van der Waals surface area contributed by atoms with Crippen LogP contribution in [-0.4, -0.2) is 15.7 Å². The molecule has 2 nitrogen and oxygen atoms in total. The van der Waals surface area contributed by atoms with E-state index in [4.69, 9.17) is 0 Å². The van der Waals surface area contributed by atoms with Crippen LogP contribution in [0.1, 0.15) is 6.42 Å². The lowest BCUT2D eigenvalue weighted by molar-refractivity contribution is 1.07. The highest BCUT2D eigenvalue weighted by Gasteiger charge is 2.02. The van der Waals surface area contributed by atoms with E-state index in [-0.39, 0.29) is 0 Å². The summed E-state index contributed by atoms with van der Waals surface area (Å²) in [5.41, 5.74) is 2.09. The Kier molecular flexibility index (Phi) is 3.49. The Bertz CT molecular complexity index is 478. The van der Waals surface area contributed by atoms with Crippen molar-refractivity contribution in [2.45, 2.75) is 11.6 Å². The SMILES string of the molecule is C=CCCSc1nc2ccc(Br)cc2[nH]1. The highest BCUT2D eigenvalue weighted by Crippen LogP contribution is 2.22. The molecule has 0 fully saturated rings. The van der Waals surface area contributed by atoms with Gasteiger partial charge in [0.05, 0.1) is 11.0 Å². The Morgan fingerprint density at radius 1 is 1.53 bits per heavy atom. The van der Waals surface area contributed by atoms with Crippen LogP contribution in [-0.2, 0) is 0 Å². The maximum Gasteiger partial charge on any atom is 0.166 e. The van der Waals surface area contributed by atoms with Crippen LogP contribution in [0.25, 0.3) is 11.0 Å². The summed E-state index contributed by atoms with van der Waals surface area (Å²) in [5, 5.41) is 0.977. The lowest BCUT2D eigenvalue weighted by Gasteiger charge is -1.91. The van der Waals surface area contributed by atoms with Crippen molar-refractivity contribution in [2.75, 3.05) is 5.75 Å². The summed E-state index contributed by atoms with van der Waals surface area (Å²) in [6, 6.07) is 6.05. The van der Waals surface area contributed by atoms with Gasteiger partial charge in [-0.1, -0.05) is 33.8 Å². The number of nitrogens with zero attached hydrogens (tertiary/aromatic N) is 1. The third-order valence-corrected chi connectivity index (χ3v) is 3.38. The van der Waals surface area contributed by atoms with Gasteiger partial charge in [0.2, 0.25) is 0 Å². The molecule has 0 bridgehead atoms. The first-order valence-corrected chi connectivity index (χ1v) is 6.46. The van der Waals surface area contributed by atoms with Crippen LogP contribution >= 0.6 is 27.7 Å². The number of hydrogen-bond acceptors (Lipinski definition) is 2. The molecule has 0 unspecified atom stereocenters. The van der Waals surface area contributed by atoms with Gasteiger partial charge < -0.3 is 4.98 Å². The second-order valence-corrected chi connectivity index (χ2v) is 5.13. The van der Waals surface area contributed by atoms with Gasteiger partial charge >= 0.3 is 0 Å². The number of nitrogens with one attached hydrogen (secondary N) is 1. The second kappa shape index (κ2) is 4.86. The maximum atomic E-state index is 4.48. The molecule has 1 aromatic carbocycles. The Hall–Kier alpha value is -0.740. The van der Waals surface area contributed by atoms with Gasteiger partial charge in [-0.2, -0.15) is 0 Å². The van der Waals surface area contributed by atoms with Crippen molar-refractivity contribution in [2.24, 2.45) is 0 Å². The number of rotatable bonds is 4. The van der Waals surface area contributed by atoms with E-state index in [1.54, 1.807) is 11.8 Å². The van der Waals surface area contributed by atoms with Crippen LogP contribution in [0, 0.1) is 0 Å². The molecule has 0 spiro atoms. The third kappa shape index (κ3) is 2.63. The van der Waals surface area contributed by atoms with Gasteiger partial charge in [-0.15, -0.1) is 6.58 Å². The molecule has 0 atom stereocenters. The number of imidazole rings is 1. The molecule has 1 heterocycles. The van der Waals surface area contributed by atoms with Gasteiger partial charge in [-0.3, -0.25) is 0 Å². The van der Waals surface area contributed by atoms with E-state index in [0.717, 1.165) is 32.8 Å². The zero-order valence-corrected chi connectivity index (χ0v) is 10.6. The van der Waals surface area contributed by atoms with Crippen molar-refractivity contribution in [1.29, 1.82) is 0 Å². The monoisotopic (exact) mass is 282 g/mol. The van der Waals surface area contributed by atoms with Crippen LogP contribution in [0.3, 0.4) is 0 Å². The van der Waals surface area contributed by atoms with Crippen molar-refractivity contribution in [3.8, 4) is 0 Å². The second-order valence-electron chi connectivity index (χ2n) is 3.13. The predicted molar refractivity (Wildman–Crippen MR) is 69.3 cm³/mol. The molecule has 4 heteroatoms. The predicted octanol–water partition coefficient (Wildman–Crippen LogP) is 3.99. The van der Waals surface area contributed by atoms with Gasteiger partial charge in [-0.25, -0.2) is 4.98 Å². The van der Waals surface area contributed by atoms with Crippen molar-refractivity contribution in [3.05, 3.63) is 35.3 Å². The van der Waals surface area contributed by atoms with Gasteiger partial charge in [-0.05, 0) is 24.6 Å². The number of hydrogen-bond donors (Lipinski definition) is 1. The van der Waals surface area contributed by atoms with Crippen LogP contribution < -0.4 is 0 Å². The van der Waals surface area contributed by atoms with Gasteiger partial charge in [0, 0.05) is 10.2 Å². The van der Waals surface area contributed by atoms with Crippen LogP contribution in [0.5, 0.6) is 0 Å². The topological polar surface area (TPSA) is 28.7 Å². The molecule has 1 aromatic heterocycles. The summed E-state index contributed by atoms with van der Waals surface area (Å²) in [6.07, 6.45) is 2.93. The lowest BCUT2D eigenvalue weighted by Crippen LogP contribution is -1.77. The number of benzene rings is 1. The molecular formula is C11H11BrN2S. The number of halogens is 1. The molecule has 2 rings (SSSR count). The van der Waals surface area contributed by atoms with E-state index in [1.165, 1.54) is 0 Å². The Morgan fingerprint density at radius 3 is 3.20 bits per heavy atom. The van der Waals surface area contributed by atoms with Gasteiger partial charge in [0.15, 0.2) is 5.16 Å². The van der Waals surface area contributed by atoms with Crippen molar-refractivity contribution in [3.63, 3.8) is 0 Å². The summed E-state index contributed by atoms with van der Waals surface area (Å²) >= 11 is 5.16. The van der Waals surface area contributed by atoms with Crippen LogP contribution in [0.4, 0.5) is 0 Å². The summed E-state index contributed by atoms with van der Waals surface area (Å²) in [7, 11) is 0. The molecular weight excluding hydrogens is 272 g/mol. The van der Waals surface area contributed by atoms with Gasteiger partial charge in [0.25, 0.3) is 0 Å². The molecule has 0 saturated heterocycles. The third-order valence-electron chi connectivity index (χ3n) is 1.98. The minimum Gasteiger partial charge on any atom is -0.333 e. The number of fused-ring (bicyclic) bond motifs is 1. The van der Waals surface area contributed by atoms with Crippen molar-refractivity contribution >= 4 is 38.7 Å².